The first-order valence-corrected chi connectivity index (χ1v) is 11.1. The van der Waals surface area contributed by atoms with E-state index in [4.69, 9.17) is 23.2 Å². The summed E-state index contributed by atoms with van der Waals surface area (Å²) in [4.78, 5) is 12.7. The number of carbonyl (C=O) groups excluding carboxylic acids is 1. The summed E-state index contributed by atoms with van der Waals surface area (Å²) in [7, 11) is 0. The maximum absolute atomic E-state index is 12.7. The standard InChI is InChI=1S/C26H24Cl2N2O/c1-15-9-19(21(14-29)17-5-7-18(27)8-6-17)22(28)11-23(15)30-16(2)10-20-24(30)12-26(3,4)13-25(20)31/h5-11,21H,12-13H2,1-4H3. The monoisotopic (exact) mass is 450 g/mol. The lowest BCUT2D eigenvalue weighted by Crippen LogP contribution is -2.28. The fourth-order valence-electron chi connectivity index (χ4n) is 4.62. The molecular formula is C26H24Cl2N2O. The van der Waals surface area contributed by atoms with Crippen LogP contribution in [0.1, 0.15) is 64.6 Å². The van der Waals surface area contributed by atoms with E-state index >= 15 is 0 Å². The molecule has 3 aromatic rings. The minimum absolute atomic E-state index is 0.0786. The molecule has 0 bridgehead atoms. The molecule has 158 valence electrons. The lowest BCUT2D eigenvalue weighted by Gasteiger charge is -2.30. The van der Waals surface area contributed by atoms with Crippen molar-refractivity contribution in [2.24, 2.45) is 5.41 Å². The smallest absolute Gasteiger partial charge is 0.165 e. The molecule has 0 saturated heterocycles. The van der Waals surface area contributed by atoms with Gasteiger partial charge in [0, 0.05) is 39.1 Å². The van der Waals surface area contributed by atoms with Crippen LogP contribution in [0.15, 0.2) is 42.5 Å². The van der Waals surface area contributed by atoms with Crippen molar-refractivity contribution in [1.82, 2.24) is 4.57 Å². The van der Waals surface area contributed by atoms with Crippen LogP contribution in [-0.2, 0) is 6.42 Å². The second kappa shape index (κ2) is 7.86. The van der Waals surface area contributed by atoms with Gasteiger partial charge in [-0.3, -0.25) is 4.79 Å². The van der Waals surface area contributed by atoms with Gasteiger partial charge in [-0.2, -0.15) is 5.26 Å². The summed E-state index contributed by atoms with van der Waals surface area (Å²) < 4.78 is 2.16. The third-order valence-electron chi connectivity index (χ3n) is 6.07. The van der Waals surface area contributed by atoms with Gasteiger partial charge in [-0.1, -0.05) is 55.2 Å². The first kappa shape index (κ1) is 21.7. The first-order chi connectivity index (χ1) is 14.6. The minimum atomic E-state index is -0.488. The number of rotatable bonds is 3. The Balaban J connectivity index is 1.84. The van der Waals surface area contributed by atoms with Crippen molar-refractivity contribution in [2.75, 3.05) is 0 Å². The number of Topliss-reactive ketones (excluding diaryl/α,β-unsaturated/α-hetero) is 1. The van der Waals surface area contributed by atoms with Crippen LogP contribution in [0, 0.1) is 30.6 Å². The maximum atomic E-state index is 12.7. The van der Waals surface area contributed by atoms with Gasteiger partial charge in [-0.15, -0.1) is 0 Å². The molecule has 1 aliphatic carbocycles. The Kier molecular flexibility index (Phi) is 5.50. The first-order valence-electron chi connectivity index (χ1n) is 10.3. The van der Waals surface area contributed by atoms with Crippen LogP contribution in [0.3, 0.4) is 0 Å². The molecular weight excluding hydrogens is 427 g/mol. The number of fused-ring (bicyclic) bond motifs is 1. The topological polar surface area (TPSA) is 45.8 Å². The normalized spacial score (nSPS) is 16.0. The number of hydrogen-bond donors (Lipinski definition) is 0. The molecule has 0 spiro atoms. The maximum Gasteiger partial charge on any atom is 0.165 e. The van der Waals surface area contributed by atoms with Gasteiger partial charge in [0.15, 0.2) is 5.78 Å². The molecule has 1 aliphatic rings. The molecule has 1 aromatic heterocycles. The molecule has 0 radical (unpaired) electrons. The average molecular weight is 451 g/mol. The number of ketones is 1. The third-order valence-corrected chi connectivity index (χ3v) is 6.65. The van der Waals surface area contributed by atoms with E-state index in [1.807, 2.05) is 44.2 Å². The number of carbonyl (C=O) groups is 1. The van der Waals surface area contributed by atoms with Crippen LogP contribution < -0.4 is 0 Å². The molecule has 0 N–H and O–H groups in total. The van der Waals surface area contributed by atoms with E-state index in [0.717, 1.165) is 45.7 Å². The summed E-state index contributed by atoms with van der Waals surface area (Å²) in [6, 6.07) is 15.6. The SMILES string of the molecule is Cc1cc(C(C#N)c2ccc(Cl)cc2)c(Cl)cc1-n1c(C)cc2c1CC(C)(C)CC2=O. The molecule has 5 heteroatoms. The molecule has 0 saturated carbocycles. The second-order valence-electron chi connectivity index (χ2n) is 9.20. The number of aromatic nitrogens is 1. The molecule has 0 amide bonds. The van der Waals surface area contributed by atoms with Gasteiger partial charge < -0.3 is 4.57 Å². The molecule has 2 aromatic carbocycles. The minimum Gasteiger partial charge on any atom is -0.317 e. The summed E-state index contributed by atoms with van der Waals surface area (Å²) >= 11 is 12.7. The molecule has 4 rings (SSSR count). The largest absolute Gasteiger partial charge is 0.317 e. The number of nitriles is 1. The highest BCUT2D eigenvalue weighted by molar-refractivity contribution is 6.31. The van der Waals surface area contributed by atoms with Gasteiger partial charge in [0.2, 0.25) is 0 Å². The van der Waals surface area contributed by atoms with E-state index in [-0.39, 0.29) is 11.2 Å². The fraction of sp³-hybridized carbons (Fsp3) is 0.308. The van der Waals surface area contributed by atoms with E-state index in [0.29, 0.717) is 16.5 Å². The lowest BCUT2D eigenvalue weighted by atomic mass is 9.76. The van der Waals surface area contributed by atoms with E-state index in [1.165, 1.54) is 0 Å². The highest BCUT2D eigenvalue weighted by atomic mass is 35.5. The summed E-state index contributed by atoms with van der Waals surface area (Å²) in [5.41, 5.74) is 6.36. The van der Waals surface area contributed by atoms with Crippen molar-refractivity contribution in [3.8, 4) is 11.8 Å². The highest BCUT2D eigenvalue weighted by Crippen LogP contribution is 2.40. The Bertz CT molecular complexity index is 1230. The lowest BCUT2D eigenvalue weighted by molar-refractivity contribution is 0.0911. The van der Waals surface area contributed by atoms with Gasteiger partial charge in [0.1, 0.15) is 0 Å². The van der Waals surface area contributed by atoms with Crippen molar-refractivity contribution in [3.63, 3.8) is 0 Å². The molecule has 0 aliphatic heterocycles. The number of halogens is 2. The predicted molar refractivity (Wildman–Crippen MR) is 126 cm³/mol. The van der Waals surface area contributed by atoms with Gasteiger partial charge in [0.05, 0.1) is 12.0 Å². The zero-order chi connectivity index (χ0) is 22.5. The van der Waals surface area contributed by atoms with Crippen molar-refractivity contribution < 1.29 is 4.79 Å². The fourth-order valence-corrected chi connectivity index (χ4v) is 5.01. The number of hydrogen-bond acceptors (Lipinski definition) is 2. The highest BCUT2D eigenvalue weighted by Gasteiger charge is 2.34. The van der Waals surface area contributed by atoms with Crippen LogP contribution >= 0.6 is 23.2 Å². The van der Waals surface area contributed by atoms with E-state index in [2.05, 4.69) is 24.5 Å². The molecule has 1 unspecified atom stereocenters. The Morgan fingerprint density at radius 2 is 1.74 bits per heavy atom. The zero-order valence-corrected chi connectivity index (χ0v) is 19.6. The molecule has 1 atom stereocenters. The molecule has 0 fully saturated rings. The van der Waals surface area contributed by atoms with Crippen LogP contribution in [0.4, 0.5) is 0 Å². The quantitative estimate of drug-likeness (QED) is 0.422. The van der Waals surface area contributed by atoms with Gasteiger partial charge in [-0.05, 0) is 66.6 Å². The summed E-state index contributed by atoms with van der Waals surface area (Å²) in [6.45, 7) is 8.30. The van der Waals surface area contributed by atoms with Crippen LogP contribution in [0.2, 0.25) is 10.0 Å². The zero-order valence-electron chi connectivity index (χ0n) is 18.1. The number of aryl methyl sites for hydroxylation is 2. The second-order valence-corrected chi connectivity index (χ2v) is 10.0. The van der Waals surface area contributed by atoms with Crippen LogP contribution in [0.5, 0.6) is 0 Å². The van der Waals surface area contributed by atoms with Crippen molar-refractivity contribution in [2.45, 2.75) is 46.5 Å². The average Bonchev–Trinajstić information content (AvgIpc) is 3.01. The van der Waals surface area contributed by atoms with Gasteiger partial charge in [-0.25, -0.2) is 0 Å². The summed E-state index contributed by atoms with van der Waals surface area (Å²) in [5.74, 6) is -0.293. The van der Waals surface area contributed by atoms with Crippen LogP contribution in [-0.4, -0.2) is 10.4 Å². The Morgan fingerprint density at radius 3 is 2.39 bits per heavy atom. The van der Waals surface area contributed by atoms with Crippen molar-refractivity contribution >= 4 is 29.0 Å². The predicted octanol–water partition coefficient (Wildman–Crippen LogP) is 7.21. The number of nitrogens with zero attached hydrogens (tertiary/aromatic N) is 2. The molecule has 31 heavy (non-hydrogen) atoms. The van der Waals surface area contributed by atoms with Gasteiger partial charge in [0.25, 0.3) is 0 Å². The number of benzene rings is 2. The molecule has 3 nitrogen and oxygen atoms in total. The van der Waals surface area contributed by atoms with E-state index < -0.39 is 5.92 Å². The Hall–Kier alpha value is -2.54. The van der Waals surface area contributed by atoms with E-state index in [1.54, 1.807) is 12.1 Å². The Morgan fingerprint density at radius 1 is 1.06 bits per heavy atom. The van der Waals surface area contributed by atoms with Gasteiger partial charge >= 0.3 is 0 Å². The molecule has 1 heterocycles. The third kappa shape index (κ3) is 3.91. The Labute approximate surface area is 193 Å². The van der Waals surface area contributed by atoms with Crippen molar-refractivity contribution in [3.05, 3.63) is 86.2 Å². The van der Waals surface area contributed by atoms with Crippen molar-refractivity contribution in [1.29, 1.82) is 5.26 Å². The van der Waals surface area contributed by atoms with Crippen LogP contribution in [0.25, 0.3) is 5.69 Å². The van der Waals surface area contributed by atoms with E-state index in [9.17, 15) is 10.1 Å². The summed E-state index contributed by atoms with van der Waals surface area (Å²) in [5, 5.41) is 11.0. The summed E-state index contributed by atoms with van der Waals surface area (Å²) in [6.07, 6.45) is 1.39.